The molecular formula is C22H26N4O. The largest absolute Gasteiger partial charge is 0.378 e. The third-order valence-electron chi connectivity index (χ3n) is 6.16. The van der Waals surface area contributed by atoms with Gasteiger partial charge in [-0.2, -0.15) is 5.10 Å². The van der Waals surface area contributed by atoms with Crippen molar-refractivity contribution in [3.05, 3.63) is 59.3 Å². The predicted molar refractivity (Wildman–Crippen MR) is 108 cm³/mol. The van der Waals surface area contributed by atoms with Gasteiger partial charge in [-0.25, -0.2) is 0 Å². The molecule has 0 spiro atoms. The van der Waals surface area contributed by atoms with Gasteiger partial charge in [0.1, 0.15) is 0 Å². The maximum absolute atomic E-state index is 5.51. The second-order valence-corrected chi connectivity index (χ2v) is 8.12. The Hall–Kier alpha value is -2.37. The lowest BCUT2D eigenvalue weighted by molar-refractivity contribution is 0.122. The van der Waals surface area contributed by atoms with Gasteiger partial charge in [-0.05, 0) is 48.0 Å². The van der Waals surface area contributed by atoms with Crippen LogP contribution in [0.5, 0.6) is 0 Å². The van der Waals surface area contributed by atoms with Crippen LogP contribution in [0.2, 0.25) is 0 Å². The Morgan fingerprint density at radius 1 is 1.11 bits per heavy atom. The maximum atomic E-state index is 5.51. The SMILES string of the molecule is CN1Cc2cc(N3CCOCC3)ccc2C(C)(c2ccc3[nH]ncc3c2)C1. The molecule has 0 aliphatic carbocycles. The summed E-state index contributed by atoms with van der Waals surface area (Å²) in [4.78, 5) is 4.87. The molecule has 5 heteroatoms. The lowest BCUT2D eigenvalue weighted by atomic mass is 9.71. The third-order valence-corrected chi connectivity index (χ3v) is 6.16. The van der Waals surface area contributed by atoms with E-state index in [9.17, 15) is 0 Å². The molecule has 1 saturated heterocycles. The van der Waals surface area contributed by atoms with Crippen LogP contribution in [-0.2, 0) is 16.7 Å². The highest BCUT2D eigenvalue weighted by Gasteiger charge is 2.36. The molecule has 3 aromatic rings. The van der Waals surface area contributed by atoms with Gasteiger partial charge < -0.3 is 14.5 Å². The molecule has 1 N–H and O–H groups in total. The summed E-state index contributed by atoms with van der Waals surface area (Å²) in [5, 5.41) is 8.41. The molecule has 3 heterocycles. The van der Waals surface area contributed by atoms with Crippen LogP contribution in [0.25, 0.3) is 10.9 Å². The minimum absolute atomic E-state index is 0.0304. The van der Waals surface area contributed by atoms with E-state index in [-0.39, 0.29) is 5.41 Å². The molecule has 1 aromatic heterocycles. The van der Waals surface area contributed by atoms with Crippen molar-refractivity contribution >= 4 is 16.6 Å². The molecule has 0 saturated carbocycles. The molecule has 2 aromatic carbocycles. The summed E-state index contributed by atoms with van der Waals surface area (Å²) in [7, 11) is 2.22. The minimum Gasteiger partial charge on any atom is -0.378 e. The van der Waals surface area contributed by atoms with Gasteiger partial charge in [0.25, 0.3) is 0 Å². The molecule has 1 fully saturated rings. The normalized spacial score (nSPS) is 23.6. The van der Waals surface area contributed by atoms with Crippen LogP contribution >= 0.6 is 0 Å². The molecule has 5 rings (SSSR count). The summed E-state index contributed by atoms with van der Waals surface area (Å²) in [5.74, 6) is 0. The van der Waals surface area contributed by atoms with Crippen molar-refractivity contribution < 1.29 is 4.74 Å². The van der Waals surface area contributed by atoms with Crippen molar-refractivity contribution in [2.45, 2.75) is 18.9 Å². The number of hydrogen-bond acceptors (Lipinski definition) is 4. The number of morpholine rings is 1. The van der Waals surface area contributed by atoms with E-state index >= 15 is 0 Å². The van der Waals surface area contributed by atoms with Gasteiger partial charge in [-0.1, -0.05) is 19.1 Å². The number of hydrogen-bond donors (Lipinski definition) is 1. The first-order valence-electron chi connectivity index (χ1n) is 9.72. The maximum Gasteiger partial charge on any atom is 0.0650 e. The van der Waals surface area contributed by atoms with E-state index in [1.54, 1.807) is 0 Å². The van der Waals surface area contributed by atoms with Crippen molar-refractivity contribution in [3.63, 3.8) is 0 Å². The molecule has 140 valence electrons. The zero-order valence-corrected chi connectivity index (χ0v) is 16.0. The highest BCUT2D eigenvalue weighted by atomic mass is 16.5. The van der Waals surface area contributed by atoms with Crippen molar-refractivity contribution in [3.8, 4) is 0 Å². The van der Waals surface area contributed by atoms with E-state index in [1.807, 2.05) is 6.20 Å². The second kappa shape index (κ2) is 6.36. The fourth-order valence-corrected chi connectivity index (χ4v) is 4.77. The third kappa shape index (κ3) is 2.82. The van der Waals surface area contributed by atoms with E-state index < -0.39 is 0 Å². The molecule has 0 amide bonds. The van der Waals surface area contributed by atoms with Crippen molar-refractivity contribution in [1.82, 2.24) is 15.1 Å². The van der Waals surface area contributed by atoms with Gasteiger partial charge in [-0.3, -0.25) is 5.10 Å². The predicted octanol–water partition coefficient (Wildman–Crippen LogP) is 3.15. The molecule has 2 aliphatic heterocycles. The Bertz CT molecular complexity index is 975. The van der Waals surface area contributed by atoms with E-state index in [1.165, 1.54) is 27.8 Å². The molecule has 27 heavy (non-hydrogen) atoms. The first-order valence-corrected chi connectivity index (χ1v) is 9.72. The molecular weight excluding hydrogens is 336 g/mol. The van der Waals surface area contributed by atoms with Crippen LogP contribution in [0, 0.1) is 0 Å². The first-order chi connectivity index (χ1) is 13.1. The topological polar surface area (TPSA) is 44.4 Å². The van der Waals surface area contributed by atoms with Gasteiger partial charge in [0.15, 0.2) is 0 Å². The van der Waals surface area contributed by atoms with Crippen LogP contribution in [0.1, 0.15) is 23.6 Å². The van der Waals surface area contributed by atoms with Gasteiger partial charge in [0.2, 0.25) is 0 Å². The van der Waals surface area contributed by atoms with E-state index in [0.29, 0.717) is 0 Å². The van der Waals surface area contributed by atoms with E-state index in [0.717, 1.165) is 44.9 Å². The van der Waals surface area contributed by atoms with Gasteiger partial charge in [0, 0.05) is 42.7 Å². The first kappa shape index (κ1) is 16.8. The van der Waals surface area contributed by atoms with Crippen LogP contribution in [-0.4, -0.2) is 55.0 Å². The lowest BCUT2D eigenvalue weighted by Crippen LogP contribution is -2.43. The highest BCUT2D eigenvalue weighted by Crippen LogP contribution is 2.40. The molecule has 2 aliphatic rings. The average Bonchev–Trinajstić information content (AvgIpc) is 3.16. The van der Waals surface area contributed by atoms with Crippen LogP contribution in [0.4, 0.5) is 5.69 Å². The summed E-state index contributed by atoms with van der Waals surface area (Å²) in [6, 6.07) is 13.7. The Morgan fingerprint density at radius 3 is 2.81 bits per heavy atom. The number of anilines is 1. The number of likely N-dealkylation sites (N-methyl/N-ethyl adjacent to an activating group) is 1. The van der Waals surface area contributed by atoms with Gasteiger partial charge >= 0.3 is 0 Å². The molecule has 5 nitrogen and oxygen atoms in total. The highest BCUT2D eigenvalue weighted by molar-refractivity contribution is 5.79. The lowest BCUT2D eigenvalue weighted by Gasteiger charge is -2.42. The van der Waals surface area contributed by atoms with Gasteiger partial charge in [-0.15, -0.1) is 0 Å². The van der Waals surface area contributed by atoms with Crippen LogP contribution in [0.3, 0.4) is 0 Å². The Balaban J connectivity index is 1.58. The van der Waals surface area contributed by atoms with Crippen molar-refractivity contribution in [2.24, 2.45) is 0 Å². The molecule has 1 unspecified atom stereocenters. The molecule has 1 atom stereocenters. The monoisotopic (exact) mass is 362 g/mol. The Morgan fingerprint density at radius 2 is 1.96 bits per heavy atom. The number of H-pyrrole nitrogens is 1. The number of aromatic amines is 1. The Kier molecular flexibility index (Phi) is 3.95. The average molecular weight is 362 g/mol. The summed E-state index contributed by atoms with van der Waals surface area (Å²) in [5.41, 5.74) is 6.61. The van der Waals surface area contributed by atoms with Gasteiger partial charge in [0.05, 0.1) is 24.9 Å². The summed E-state index contributed by atoms with van der Waals surface area (Å²) in [6.07, 6.45) is 1.91. The summed E-state index contributed by atoms with van der Waals surface area (Å²) < 4.78 is 5.51. The standard InChI is InChI=1S/C22H26N4O/c1-22(18-3-6-21-16(11-18)13-23-24-21)15-25(2)14-17-12-19(4-5-20(17)22)26-7-9-27-10-8-26/h3-6,11-13H,7-10,14-15H2,1-2H3,(H,23,24). The van der Waals surface area contributed by atoms with Crippen molar-refractivity contribution in [2.75, 3.05) is 44.8 Å². The quantitative estimate of drug-likeness (QED) is 0.761. The van der Waals surface area contributed by atoms with E-state index in [2.05, 4.69) is 70.4 Å². The van der Waals surface area contributed by atoms with Crippen molar-refractivity contribution in [1.29, 1.82) is 0 Å². The Labute approximate surface area is 159 Å². The number of aromatic nitrogens is 2. The number of nitrogens with one attached hydrogen (secondary N) is 1. The fraction of sp³-hybridized carbons (Fsp3) is 0.409. The zero-order valence-electron chi connectivity index (χ0n) is 16.0. The fourth-order valence-electron chi connectivity index (χ4n) is 4.77. The smallest absolute Gasteiger partial charge is 0.0650 e. The minimum atomic E-state index is -0.0304. The number of nitrogens with zero attached hydrogens (tertiary/aromatic N) is 3. The summed E-state index contributed by atoms with van der Waals surface area (Å²) in [6.45, 7) is 7.97. The number of ether oxygens (including phenoxy) is 1. The van der Waals surface area contributed by atoms with Crippen LogP contribution in [0.15, 0.2) is 42.6 Å². The van der Waals surface area contributed by atoms with E-state index in [4.69, 9.17) is 4.74 Å². The van der Waals surface area contributed by atoms with Crippen LogP contribution < -0.4 is 4.90 Å². The second-order valence-electron chi connectivity index (χ2n) is 8.12. The summed E-state index contributed by atoms with van der Waals surface area (Å²) >= 11 is 0. The number of fused-ring (bicyclic) bond motifs is 2. The molecule has 0 bridgehead atoms. The number of rotatable bonds is 2. The molecule has 0 radical (unpaired) electrons. The zero-order chi connectivity index (χ0) is 18.4. The number of benzene rings is 2.